The first-order valence-electron chi connectivity index (χ1n) is 5.31. The number of methoxy groups -OCH3 is 1. The van der Waals surface area contributed by atoms with E-state index in [1.54, 1.807) is 12.3 Å². The van der Waals surface area contributed by atoms with Crippen molar-refractivity contribution in [2.24, 2.45) is 5.73 Å². The Morgan fingerprint density at radius 1 is 1.58 bits per heavy atom. The Kier molecular flexibility index (Phi) is 5.57. The molecule has 1 atom stereocenters. The molecule has 0 radical (unpaired) electrons. The van der Waals surface area contributed by atoms with Gasteiger partial charge in [-0.25, -0.2) is 4.39 Å². The SMILES string of the molecule is COC(=O)C(N)Cc1c[nH]c2cc(F)c(I)cc12.Cl. The van der Waals surface area contributed by atoms with E-state index in [0.29, 0.717) is 15.5 Å². The number of carbonyl (C=O) groups excluding carboxylic acids is 1. The second kappa shape index (κ2) is 6.53. The van der Waals surface area contributed by atoms with Gasteiger partial charge in [-0.3, -0.25) is 4.79 Å². The maximum atomic E-state index is 13.4. The van der Waals surface area contributed by atoms with Gasteiger partial charge in [0.15, 0.2) is 0 Å². The molecule has 0 aliphatic carbocycles. The molecular weight excluding hydrogens is 385 g/mol. The van der Waals surface area contributed by atoms with Crippen LogP contribution in [0.15, 0.2) is 18.3 Å². The zero-order valence-corrected chi connectivity index (χ0v) is 13.0. The monoisotopic (exact) mass is 398 g/mol. The van der Waals surface area contributed by atoms with E-state index in [1.807, 2.05) is 22.6 Å². The molecule has 7 heteroatoms. The van der Waals surface area contributed by atoms with Crippen molar-refractivity contribution in [2.45, 2.75) is 12.5 Å². The van der Waals surface area contributed by atoms with Gasteiger partial charge in [-0.2, -0.15) is 0 Å². The zero-order valence-electron chi connectivity index (χ0n) is 10.1. The average Bonchev–Trinajstić information content (AvgIpc) is 2.71. The lowest BCUT2D eigenvalue weighted by Gasteiger charge is -2.08. The van der Waals surface area contributed by atoms with Crippen molar-refractivity contribution < 1.29 is 13.9 Å². The van der Waals surface area contributed by atoms with Crippen molar-refractivity contribution in [1.29, 1.82) is 0 Å². The van der Waals surface area contributed by atoms with Gasteiger partial charge in [0.2, 0.25) is 0 Å². The lowest BCUT2D eigenvalue weighted by Crippen LogP contribution is -2.33. The minimum Gasteiger partial charge on any atom is -0.468 e. The third-order valence-electron chi connectivity index (χ3n) is 2.75. The van der Waals surface area contributed by atoms with Crippen molar-refractivity contribution in [3.63, 3.8) is 0 Å². The standard InChI is InChI=1S/C12H12FIN2O2.ClH/c1-18-12(17)10(15)2-6-5-16-11-4-8(13)9(14)3-7(6)11;/h3-5,10,16H,2,15H2,1H3;1H. The fourth-order valence-electron chi connectivity index (χ4n) is 1.82. The Balaban J connectivity index is 0.00000180. The molecule has 0 saturated carbocycles. The molecule has 1 unspecified atom stereocenters. The number of H-pyrrole nitrogens is 1. The first-order chi connectivity index (χ1) is 8.52. The molecule has 0 spiro atoms. The number of aromatic amines is 1. The minimum absolute atomic E-state index is 0. The zero-order chi connectivity index (χ0) is 13.3. The predicted molar refractivity (Wildman–Crippen MR) is 81.9 cm³/mol. The van der Waals surface area contributed by atoms with Crippen LogP contribution in [0.4, 0.5) is 4.39 Å². The van der Waals surface area contributed by atoms with Gasteiger partial charge in [-0.1, -0.05) is 0 Å². The molecule has 0 aliphatic rings. The van der Waals surface area contributed by atoms with Crippen LogP contribution in [-0.4, -0.2) is 24.1 Å². The number of carbonyl (C=O) groups is 1. The summed E-state index contributed by atoms with van der Waals surface area (Å²) in [5.74, 6) is -0.727. The van der Waals surface area contributed by atoms with Crippen LogP contribution in [-0.2, 0) is 16.0 Å². The maximum Gasteiger partial charge on any atom is 0.322 e. The molecule has 2 aromatic rings. The van der Waals surface area contributed by atoms with Crippen molar-refractivity contribution >= 4 is 51.9 Å². The number of halogens is 3. The summed E-state index contributed by atoms with van der Waals surface area (Å²) in [6.07, 6.45) is 2.09. The summed E-state index contributed by atoms with van der Waals surface area (Å²) in [6, 6.07) is 2.46. The van der Waals surface area contributed by atoms with E-state index in [0.717, 1.165) is 10.9 Å². The van der Waals surface area contributed by atoms with Crippen LogP contribution >= 0.6 is 35.0 Å². The second-order valence-electron chi connectivity index (χ2n) is 3.96. The number of rotatable bonds is 3. The van der Waals surface area contributed by atoms with E-state index in [4.69, 9.17) is 5.73 Å². The summed E-state index contributed by atoms with van der Waals surface area (Å²) < 4.78 is 18.5. The molecule has 0 saturated heterocycles. The average molecular weight is 399 g/mol. The molecule has 4 nitrogen and oxygen atoms in total. The van der Waals surface area contributed by atoms with Gasteiger partial charge in [0.1, 0.15) is 11.9 Å². The van der Waals surface area contributed by atoms with Crippen LogP contribution in [0.1, 0.15) is 5.56 Å². The van der Waals surface area contributed by atoms with Gasteiger partial charge < -0.3 is 15.5 Å². The van der Waals surface area contributed by atoms with Crippen LogP contribution in [0, 0.1) is 9.39 Å². The van der Waals surface area contributed by atoms with Gasteiger partial charge in [-0.15, -0.1) is 12.4 Å². The summed E-state index contributed by atoms with van der Waals surface area (Å²) in [5, 5.41) is 0.875. The van der Waals surface area contributed by atoms with Gasteiger partial charge >= 0.3 is 5.97 Å². The number of esters is 1. The number of aromatic nitrogens is 1. The smallest absolute Gasteiger partial charge is 0.322 e. The van der Waals surface area contributed by atoms with Gasteiger partial charge in [-0.05, 0) is 40.3 Å². The Morgan fingerprint density at radius 2 is 2.26 bits per heavy atom. The molecule has 0 amide bonds. The van der Waals surface area contributed by atoms with Crippen molar-refractivity contribution in [2.75, 3.05) is 7.11 Å². The summed E-state index contributed by atoms with van der Waals surface area (Å²) >= 11 is 1.93. The number of hydrogen-bond donors (Lipinski definition) is 2. The summed E-state index contributed by atoms with van der Waals surface area (Å²) in [6.45, 7) is 0. The second-order valence-corrected chi connectivity index (χ2v) is 5.12. The third-order valence-corrected chi connectivity index (χ3v) is 3.58. The molecule has 1 aromatic heterocycles. The van der Waals surface area contributed by atoms with Crippen molar-refractivity contribution in [3.8, 4) is 0 Å². The molecule has 1 aromatic carbocycles. The summed E-state index contributed by atoms with van der Waals surface area (Å²) in [7, 11) is 1.30. The predicted octanol–water partition coefficient (Wildman–Crippen LogP) is 2.38. The highest BCUT2D eigenvalue weighted by atomic mass is 127. The first kappa shape index (κ1) is 16.2. The summed E-state index contributed by atoms with van der Waals surface area (Å²) in [5.41, 5.74) is 7.28. The van der Waals surface area contributed by atoms with Crippen LogP contribution < -0.4 is 5.73 Å². The number of benzene rings is 1. The number of fused-ring (bicyclic) bond motifs is 1. The fraction of sp³-hybridized carbons (Fsp3) is 0.250. The van der Waals surface area contributed by atoms with Crippen LogP contribution in [0.2, 0.25) is 0 Å². The normalized spacial score (nSPS) is 12.0. The Morgan fingerprint density at radius 3 is 2.89 bits per heavy atom. The van der Waals surface area contributed by atoms with E-state index in [9.17, 15) is 9.18 Å². The van der Waals surface area contributed by atoms with Gasteiger partial charge in [0, 0.05) is 27.1 Å². The lowest BCUT2D eigenvalue weighted by molar-refractivity contribution is -0.142. The number of nitrogens with one attached hydrogen (secondary N) is 1. The van der Waals surface area contributed by atoms with E-state index in [1.165, 1.54) is 13.2 Å². The first-order valence-corrected chi connectivity index (χ1v) is 6.39. The molecule has 3 N–H and O–H groups in total. The molecule has 19 heavy (non-hydrogen) atoms. The molecule has 0 aliphatic heterocycles. The highest BCUT2D eigenvalue weighted by Gasteiger charge is 2.17. The minimum atomic E-state index is -0.711. The molecule has 2 rings (SSSR count). The Hall–Kier alpha value is -0.860. The third kappa shape index (κ3) is 3.37. The number of ether oxygens (including phenoxy) is 1. The lowest BCUT2D eigenvalue weighted by atomic mass is 10.1. The number of nitrogens with two attached hydrogens (primary N) is 1. The van der Waals surface area contributed by atoms with Crippen LogP contribution in [0.25, 0.3) is 10.9 Å². The quantitative estimate of drug-likeness (QED) is 0.616. The Labute approximate surface area is 129 Å². The maximum absolute atomic E-state index is 13.4. The van der Waals surface area contributed by atoms with E-state index < -0.39 is 12.0 Å². The molecule has 1 heterocycles. The topological polar surface area (TPSA) is 68.1 Å². The van der Waals surface area contributed by atoms with E-state index in [2.05, 4.69) is 9.72 Å². The molecular formula is C12H13ClFIN2O2. The van der Waals surface area contributed by atoms with Gasteiger partial charge in [0.25, 0.3) is 0 Å². The summed E-state index contributed by atoms with van der Waals surface area (Å²) in [4.78, 5) is 14.2. The molecule has 0 bridgehead atoms. The van der Waals surface area contributed by atoms with Crippen LogP contribution in [0.3, 0.4) is 0 Å². The van der Waals surface area contributed by atoms with E-state index in [-0.39, 0.29) is 18.2 Å². The highest BCUT2D eigenvalue weighted by Crippen LogP contribution is 2.24. The largest absolute Gasteiger partial charge is 0.468 e. The Bertz CT molecular complexity index is 603. The van der Waals surface area contributed by atoms with Crippen molar-refractivity contribution in [3.05, 3.63) is 33.3 Å². The van der Waals surface area contributed by atoms with Crippen molar-refractivity contribution in [1.82, 2.24) is 4.98 Å². The fourth-order valence-corrected chi connectivity index (χ4v) is 2.28. The van der Waals surface area contributed by atoms with E-state index >= 15 is 0 Å². The molecule has 0 fully saturated rings. The number of hydrogen-bond acceptors (Lipinski definition) is 3. The van der Waals surface area contributed by atoms with Crippen LogP contribution in [0.5, 0.6) is 0 Å². The van der Waals surface area contributed by atoms with Gasteiger partial charge in [0.05, 0.1) is 7.11 Å². The molecule has 104 valence electrons. The highest BCUT2D eigenvalue weighted by molar-refractivity contribution is 14.1.